The predicted octanol–water partition coefficient (Wildman–Crippen LogP) is 4.82. The molecule has 0 saturated carbocycles. The number of aryl methyl sites for hydroxylation is 1. The molecule has 1 fully saturated rings. The van der Waals surface area contributed by atoms with E-state index in [0.29, 0.717) is 56.3 Å². The quantitative estimate of drug-likeness (QED) is 0.0735. The summed E-state index contributed by atoms with van der Waals surface area (Å²) in [6.07, 6.45) is 3.49. The molecule has 13 heteroatoms. The van der Waals surface area contributed by atoms with Gasteiger partial charge in [-0.1, -0.05) is 43.3 Å². The van der Waals surface area contributed by atoms with E-state index in [1.54, 1.807) is 14.0 Å². The summed E-state index contributed by atoms with van der Waals surface area (Å²) >= 11 is 0. The molecular formula is C34H38N3O8S2+. The summed E-state index contributed by atoms with van der Waals surface area (Å²) in [5.41, 5.74) is 6.80. The molecule has 1 saturated heterocycles. The lowest BCUT2D eigenvalue weighted by Gasteiger charge is -2.32. The SMILES string of the molecule is CCNOS(=O)(=O)C1CCC[N+]12/C(=C/c1ccc3cc(OC)ccc3[n+]1CCCCS(=O)(=O)[O-])Oc1ccc(-c3ccccc3)cc12. The molecule has 6 rings (SSSR count). The van der Waals surface area contributed by atoms with E-state index in [2.05, 4.69) is 5.48 Å². The summed E-state index contributed by atoms with van der Waals surface area (Å²) < 4.78 is 80.8. The lowest BCUT2D eigenvalue weighted by molar-refractivity contribution is -0.673. The van der Waals surface area contributed by atoms with Crippen LogP contribution in [0.3, 0.4) is 0 Å². The van der Waals surface area contributed by atoms with E-state index in [0.717, 1.165) is 33.4 Å². The van der Waals surface area contributed by atoms with Crippen LogP contribution in [-0.4, -0.2) is 52.7 Å². The normalized spacial score (nSPS) is 20.1. The molecular weight excluding hydrogens is 643 g/mol. The fraction of sp³-hybridized carbons (Fsp3) is 0.324. The van der Waals surface area contributed by atoms with Crippen LogP contribution in [-0.2, 0) is 31.1 Å². The smallest absolute Gasteiger partial charge is 0.338 e. The number of hydroxylamine groups is 1. The summed E-state index contributed by atoms with van der Waals surface area (Å²) in [5, 5.41) is -0.0730. The molecule has 11 nitrogen and oxygen atoms in total. The van der Waals surface area contributed by atoms with Crippen molar-refractivity contribution in [3.8, 4) is 22.6 Å². The topological polar surface area (TPSA) is 135 Å². The Bertz CT molecular complexity index is 2040. The fourth-order valence-corrected chi connectivity index (χ4v) is 8.82. The molecule has 0 amide bonds. The first kappa shape index (κ1) is 33.1. The standard InChI is InChI=1S/C34H38N3O8S2/c1-3-35-45-47(41,42)34-12-9-20-37(34)31-23-26(25-10-5-4-6-11-25)14-18-32(31)44-33(37)24-28-15-13-27-22-29(43-2)16-17-30(27)36(28)19-7-8-21-46(38,39)40/h4-6,10-11,13-18,22-24,34-35H,3,7-9,12,19-21H2,1-2H3/q+1/b33-24-. The number of nitrogens with zero attached hydrogens (tertiary/aromatic N) is 2. The van der Waals surface area contributed by atoms with Gasteiger partial charge in [-0.2, -0.15) is 22.7 Å². The summed E-state index contributed by atoms with van der Waals surface area (Å²) in [4.78, 5) is 0. The third-order valence-corrected chi connectivity index (χ3v) is 11.2. The van der Waals surface area contributed by atoms with Crippen LogP contribution in [0.2, 0.25) is 0 Å². The van der Waals surface area contributed by atoms with Crippen LogP contribution in [0.1, 0.15) is 38.3 Å². The van der Waals surface area contributed by atoms with Crippen LogP contribution >= 0.6 is 0 Å². The maximum absolute atomic E-state index is 13.8. The van der Waals surface area contributed by atoms with Gasteiger partial charge in [0.05, 0.1) is 29.2 Å². The highest BCUT2D eigenvalue weighted by Gasteiger charge is 2.60. The van der Waals surface area contributed by atoms with E-state index in [1.165, 1.54) is 0 Å². The van der Waals surface area contributed by atoms with E-state index < -0.39 is 31.4 Å². The van der Waals surface area contributed by atoms with Crippen molar-refractivity contribution in [3.63, 3.8) is 0 Å². The van der Waals surface area contributed by atoms with Crippen molar-refractivity contribution in [1.82, 2.24) is 9.96 Å². The van der Waals surface area contributed by atoms with Gasteiger partial charge in [-0.25, -0.2) is 12.9 Å². The summed E-state index contributed by atoms with van der Waals surface area (Å²) in [5.74, 6) is 1.25. The number of unbranched alkanes of at least 4 members (excludes halogenated alkanes) is 1. The number of aromatic nitrogens is 1. The van der Waals surface area contributed by atoms with Gasteiger partial charge in [-0.05, 0) is 41.8 Å². The van der Waals surface area contributed by atoms with Crippen molar-refractivity contribution < 1.29 is 39.7 Å². The predicted molar refractivity (Wildman–Crippen MR) is 178 cm³/mol. The number of nitrogens with one attached hydrogen (secondary N) is 1. The van der Waals surface area contributed by atoms with Gasteiger partial charge in [0.25, 0.3) is 0 Å². The van der Waals surface area contributed by atoms with Gasteiger partial charge in [-0.15, -0.1) is 0 Å². The van der Waals surface area contributed by atoms with Gasteiger partial charge in [-0.3, -0.25) is 0 Å². The number of rotatable bonds is 12. The van der Waals surface area contributed by atoms with Crippen molar-refractivity contribution in [2.45, 2.75) is 44.5 Å². The Kier molecular flexibility index (Phi) is 9.38. The molecule has 2 aliphatic heterocycles. The number of hydrogen-bond acceptors (Lipinski definition) is 9. The number of fused-ring (bicyclic) bond motifs is 3. The van der Waals surface area contributed by atoms with Gasteiger partial charge < -0.3 is 14.0 Å². The van der Waals surface area contributed by atoms with E-state index in [9.17, 15) is 21.4 Å². The van der Waals surface area contributed by atoms with Gasteiger partial charge in [0.15, 0.2) is 11.4 Å². The Morgan fingerprint density at radius 3 is 2.55 bits per heavy atom. The second-order valence-electron chi connectivity index (χ2n) is 11.7. The highest BCUT2D eigenvalue weighted by molar-refractivity contribution is 7.87. The average Bonchev–Trinajstić information content (AvgIpc) is 3.65. The van der Waals surface area contributed by atoms with Gasteiger partial charge in [0, 0.05) is 49.8 Å². The zero-order valence-electron chi connectivity index (χ0n) is 26.3. The van der Waals surface area contributed by atoms with E-state index >= 15 is 0 Å². The Morgan fingerprint density at radius 1 is 1.00 bits per heavy atom. The highest BCUT2D eigenvalue weighted by atomic mass is 32.2. The molecule has 2 atom stereocenters. The highest BCUT2D eigenvalue weighted by Crippen LogP contribution is 2.53. The Morgan fingerprint density at radius 2 is 1.81 bits per heavy atom. The first-order chi connectivity index (χ1) is 22.6. The molecule has 47 heavy (non-hydrogen) atoms. The van der Waals surface area contributed by atoms with E-state index in [-0.39, 0.29) is 10.9 Å². The van der Waals surface area contributed by atoms with Crippen molar-refractivity contribution in [3.05, 3.63) is 90.4 Å². The molecule has 0 radical (unpaired) electrons. The van der Waals surface area contributed by atoms with Gasteiger partial charge in [0.2, 0.25) is 16.6 Å². The Hall–Kier alpha value is -3.85. The summed E-state index contributed by atoms with van der Waals surface area (Å²) in [6, 6.07) is 25.3. The number of quaternary nitrogens is 1. The van der Waals surface area contributed by atoms with Crippen molar-refractivity contribution in [2.24, 2.45) is 0 Å². The van der Waals surface area contributed by atoms with Crippen LogP contribution in [0.5, 0.6) is 11.5 Å². The number of ether oxygens (including phenoxy) is 2. The first-order valence-electron chi connectivity index (χ1n) is 15.6. The van der Waals surface area contributed by atoms with Crippen LogP contribution in [0, 0.1) is 0 Å². The number of methoxy groups -OCH3 is 1. The van der Waals surface area contributed by atoms with E-state index in [4.69, 9.17) is 13.8 Å². The minimum absolute atomic E-state index is 0.0706. The Labute approximate surface area is 275 Å². The molecule has 0 bridgehead atoms. The molecule has 1 aromatic heterocycles. The van der Waals surface area contributed by atoms with Crippen LogP contribution < -0.4 is 24.0 Å². The second-order valence-corrected chi connectivity index (χ2v) is 14.9. The van der Waals surface area contributed by atoms with Crippen molar-refractivity contribution in [1.29, 1.82) is 0 Å². The third-order valence-electron chi connectivity index (χ3n) is 8.78. The summed E-state index contributed by atoms with van der Waals surface area (Å²) in [6.45, 7) is 2.97. The van der Waals surface area contributed by atoms with Crippen molar-refractivity contribution in [2.75, 3.05) is 26.0 Å². The zero-order chi connectivity index (χ0) is 33.2. The maximum Gasteiger partial charge on any atom is 0.338 e. The minimum atomic E-state index is -4.34. The van der Waals surface area contributed by atoms with Crippen LogP contribution in [0.25, 0.3) is 28.1 Å². The molecule has 3 heterocycles. The molecule has 0 aliphatic carbocycles. The molecule has 4 aromatic rings. The van der Waals surface area contributed by atoms with Crippen LogP contribution in [0.15, 0.2) is 84.7 Å². The minimum Gasteiger partial charge on any atom is -0.748 e. The van der Waals surface area contributed by atoms with Gasteiger partial charge >= 0.3 is 16.0 Å². The molecule has 248 valence electrons. The first-order valence-corrected chi connectivity index (χ1v) is 18.7. The lowest BCUT2D eigenvalue weighted by Crippen LogP contribution is -2.55. The molecule has 3 aromatic carbocycles. The molecule has 2 aliphatic rings. The molecule has 1 spiro atoms. The third kappa shape index (κ3) is 6.64. The van der Waals surface area contributed by atoms with Crippen molar-refractivity contribution >= 4 is 42.9 Å². The largest absolute Gasteiger partial charge is 0.748 e. The number of hydrogen-bond donors (Lipinski definition) is 1. The number of benzene rings is 3. The Balaban J connectivity index is 1.51. The molecule has 2 unspecified atom stereocenters. The second kappa shape index (κ2) is 13.3. The van der Waals surface area contributed by atoms with E-state index in [1.807, 2.05) is 89.5 Å². The monoisotopic (exact) mass is 680 g/mol. The van der Waals surface area contributed by atoms with Gasteiger partial charge in [0.1, 0.15) is 18.4 Å². The lowest BCUT2D eigenvalue weighted by atomic mass is 10.0. The average molecular weight is 681 g/mol. The fourth-order valence-electron chi connectivity index (χ4n) is 6.65. The summed E-state index contributed by atoms with van der Waals surface area (Å²) in [7, 11) is -6.85. The van der Waals surface area contributed by atoms with Crippen LogP contribution in [0.4, 0.5) is 5.69 Å². The zero-order valence-corrected chi connectivity index (χ0v) is 27.9. The number of pyridine rings is 1. The molecule has 1 N–H and O–H groups in total. The maximum atomic E-state index is 13.8.